The van der Waals surface area contributed by atoms with E-state index in [1.54, 1.807) is 33.6 Å². The zero-order valence-corrected chi connectivity index (χ0v) is 29.4. The molecule has 7 rings (SSSR count). The number of likely N-dealkylation sites (tertiary alicyclic amines) is 1. The zero-order chi connectivity index (χ0) is 37.9. The molecule has 3 amide bonds. The van der Waals surface area contributed by atoms with Crippen molar-refractivity contribution in [3.8, 4) is 0 Å². The molecule has 2 aromatic heterocycles. The smallest absolute Gasteiger partial charge is 0.416 e. The topological polar surface area (TPSA) is 163 Å². The molecule has 280 valence electrons. The molecule has 1 atom stereocenters. The lowest BCUT2D eigenvalue weighted by atomic mass is 9.84. The third-order valence-corrected chi connectivity index (χ3v) is 10.6. The maximum atomic E-state index is 14.4. The van der Waals surface area contributed by atoms with Crippen LogP contribution in [0.1, 0.15) is 67.7 Å². The van der Waals surface area contributed by atoms with Crippen molar-refractivity contribution in [3.63, 3.8) is 0 Å². The number of halogens is 3. The summed E-state index contributed by atoms with van der Waals surface area (Å²) in [6.45, 7) is 5.53. The van der Waals surface area contributed by atoms with Crippen molar-refractivity contribution in [3.05, 3.63) is 86.9 Å². The lowest BCUT2D eigenvalue weighted by molar-refractivity contribution is -0.144. The number of aliphatic hydroxyl groups is 1. The quantitative estimate of drug-likeness (QED) is 0.356. The normalized spacial score (nSPS) is 21.2. The number of carbonyl (C=O) groups is 3. The van der Waals surface area contributed by atoms with Crippen molar-refractivity contribution in [2.24, 2.45) is 0 Å². The van der Waals surface area contributed by atoms with Crippen LogP contribution in [0.15, 0.2) is 53.2 Å². The third kappa shape index (κ3) is 6.36. The van der Waals surface area contributed by atoms with Gasteiger partial charge in [0.05, 0.1) is 23.4 Å². The molecule has 3 N–H and O–H groups in total. The van der Waals surface area contributed by atoms with E-state index in [0.717, 1.165) is 22.2 Å². The number of allylic oxidation sites excluding steroid dienone is 2. The summed E-state index contributed by atoms with van der Waals surface area (Å²) in [5.41, 5.74) is -1.94. The van der Waals surface area contributed by atoms with Gasteiger partial charge in [0.2, 0.25) is 17.6 Å². The lowest BCUT2D eigenvalue weighted by Gasteiger charge is -2.42. The molecule has 1 fully saturated rings. The van der Waals surface area contributed by atoms with Gasteiger partial charge in [-0.05, 0) is 87.2 Å². The Morgan fingerprint density at radius 1 is 1.11 bits per heavy atom. The first-order valence-electron chi connectivity index (χ1n) is 17.3. The minimum Gasteiger partial charge on any atom is -0.509 e. The van der Waals surface area contributed by atoms with Gasteiger partial charge in [-0.2, -0.15) is 22.7 Å². The van der Waals surface area contributed by atoms with Crippen LogP contribution in [0.2, 0.25) is 0 Å². The van der Waals surface area contributed by atoms with Gasteiger partial charge in [-0.15, -0.1) is 5.10 Å². The average molecular weight is 737 g/mol. The number of alkyl halides is 3. The number of aromatic nitrogens is 4. The number of hydrogen-bond donors (Lipinski definition) is 3. The summed E-state index contributed by atoms with van der Waals surface area (Å²) in [5.74, 6) is -0.742. The fraction of sp³-hybridized carbons (Fsp3) is 0.444. The van der Waals surface area contributed by atoms with Crippen molar-refractivity contribution in [2.45, 2.75) is 76.9 Å². The van der Waals surface area contributed by atoms with Crippen LogP contribution in [-0.4, -0.2) is 83.5 Å². The fourth-order valence-electron chi connectivity index (χ4n) is 7.53. The van der Waals surface area contributed by atoms with E-state index in [4.69, 9.17) is 9.72 Å². The monoisotopic (exact) mass is 736 g/mol. The Morgan fingerprint density at radius 2 is 1.87 bits per heavy atom. The van der Waals surface area contributed by atoms with Crippen molar-refractivity contribution in [1.82, 2.24) is 34.3 Å². The predicted octanol–water partition coefficient (Wildman–Crippen LogP) is 3.55. The third-order valence-electron chi connectivity index (χ3n) is 10.6. The standard InChI is InChI=1S/C36H39F3N8O6/c1-21-18-24(36(37,38)39)8-9-25(21)41-28(50)19-46-26-20-53-35(11-16-45(17-12-35)32(52)34(3)27(49)7-4-13-40-34)29(26)31(51)47-33(46)42-30(43-47)23-6-5-14-44(15-10-23)22(2)48/h4,6-9,13,18,40,49H,5,10-12,14-17,19-20H2,1-3H3,(H,41,50). The predicted molar refractivity (Wildman–Crippen MR) is 185 cm³/mol. The molecule has 53 heavy (non-hydrogen) atoms. The fourth-order valence-corrected chi connectivity index (χ4v) is 7.53. The molecule has 1 spiro atoms. The lowest BCUT2D eigenvalue weighted by Crippen LogP contribution is -2.59. The SMILES string of the molecule is CC(=O)N1CCC=C(c2nc3n(CC(=O)Nc4ccc(C(F)(F)F)cc4C)c4c(c(=O)n3n2)C2(CCN(C(=O)C3(C)NC=CC=C3O)CC2)OC4)CC1. The molecule has 1 unspecified atom stereocenters. The van der Waals surface area contributed by atoms with Crippen LogP contribution in [-0.2, 0) is 44.0 Å². The Bertz CT molecular complexity index is 2180. The van der Waals surface area contributed by atoms with Crippen LogP contribution in [0.5, 0.6) is 0 Å². The molecule has 4 aliphatic heterocycles. The van der Waals surface area contributed by atoms with E-state index in [0.29, 0.717) is 31.6 Å². The van der Waals surface area contributed by atoms with E-state index in [-0.39, 0.29) is 85.1 Å². The number of fused-ring (bicyclic) bond motifs is 3. The Kier molecular flexibility index (Phi) is 8.95. The van der Waals surface area contributed by atoms with Crippen molar-refractivity contribution < 1.29 is 37.4 Å². The van der Waals surface area contributed by atoms with Crippen LogP contribution in [0, 0.1) is 6.92 Å². The summed E-state index contributed by atoms with van der Waals surface area (Å²) >= 11 is 0. The molecule has 17 heteroatoms. The van der Waals surface area contributed by atoms with Gasteiger partial charge >= 0.3 is 6.18 Å². The van der Waals surface area contributed by atoms with E-state index >= 15 is 0 Å². The average Bonchev–Trinajstić information content (AvgIpc) is 3.62. The highest BCUT2D eigenvalue weighted by molar-refractivity contribution is 5.92. The largest absolute Gasteiger partial charge is 0.509 e. The maximum Gasteiger partial charge on any atom is 0.416 e. The van der Waals surface area contributed by atoms with E-state index in [9.17, 15) is 37.5 Å². The molecule has 3 aromatic rings. The zero-order valence-electron chi connectivity index (χ0n) is 29.4. The highest BCUT2D eigenvalue weighted by atomic mass is 19.4. The van der Waals surface area contributed by atoms with Gasteiger partial charge < -0.3 is 34.8 Å². The van der Waals surface area contributed by atoms with Crippen molar-refractivity contribution in [1.29, 1.82) is 0 Å². The number of aliphatic hydroxyl groups excluding tert-OH is 1. The van der Waals surface area contributed by atoms with Gasteiger partial charge in [0.1, 0.15) is 17.9 Å². The molecule has 14 nitrogen and oxygen atoms in total. The van der Waals surface area contributed by atoms with E-state index in [2.05, 4.69) is 15.7 Å². The first kappa shape index (κ1) is 35.9. The molecule has 6 heterocycles. The van der Waals surface area contributed by atoms with Crippen LogP contribution >= 0.6 is 0 Å². The van der Waals surface area contributed by atoms with E-state index < -0.39 is 34.3 Å². The Balaban J connectivity index is 1.24. The molecule has 0 saturated carbocycles. The maximum absolute atomic E-state index is 14.4. The van der Waals surface area contributed by atoms with E-state index in [1.807, 2.05) is 6.08 Å². The summed E-state index contributed by atoms with van der Waals surface area (Å²) in [5, 5.41) is 20.8. The number of ether oxygens (including phenoxy) is 1. The van der Waals surface area contributed by atoms with E-state index in [1.165, 1.54) is 26.0 Å². The molecule has 4 aliphatic rings. The first-order valence-corrected chi connectivity index (χ1v) is 17.3. The van der Waals surface area contributed by atoms with Gasteiger partial charge in [0.15, 0.2) is 11.4 Å². The second-order valence-corrected chi connectivity index (χ2v) is 14.0. The summed E-state index contributed by atoms with van der Waals surface area (Å²) in [7, 11) is 0. The Labute approximate surface area is 301 Å². The van der Waals surface area contributed by atoms with Crippen molar-refractivity contribution >= 4 is 34.8 Å². The molecule has 0 aliphatic carbocycles. The second kappa shape index (κ2) is 13.2. The number of anilines is 1. The van der Waals surface area contributed by atoms with Crippen molar-refractivity contribution in [2.75, 3.05) is 31.5 Å². The Hall–Kier alpha value is -5.45. The van der Waals surface area contributed by atoms with Crippen LogP contribution in [0.3, 0.4) is 0 Å². The molecule has 0 bridgehead atoms. The van der Waals surface area contributed by atoms with Crippen LogP contribution in [0.25, 0.3) is 11.4 Å². The number of hydrogen-bond acceptors (Lipinski definition) is 9. The molecule has 0 radical (unpaired) electrons. The van der Waals surface area contributed by atoms with Gasteiger partial charge in [0.25, 0.3) is 11.5 Å². The number of benzene rings is 1. The number of rotatable bonds is 5. The van der Waals surface area contributed by atoms with Gasteiger partial charge in [-0.1, -0.05) is 6.08 Å². The summed E-state index contributed by atoms with van der Waals surface area (Å²) in [6, 6.07) is 3.04. The van der Waals surface area contributed by atoms with Gasteiger partial charge in [-0.25, -0.2) is 0 Å². The van der Waals surface area contributed by atoms with Gasteiger partial charge in [-0.3, -0.25) is 19.2 Å². The molecular weight excluding hydrogens is 697 g/mol. The summed E-state index contributed by atoms with van der Waals surface area (Å²) in [4.78, 5) is 61.7. The number of piperidine rings is 1. The van der Waals surface area contributed by atoms with Gasteiger partial charge in [0, 0.05) is 38.8 Å². The minimum absolute atomic E-state index is 0.0480. The second-order valence-electron chi connectivity index (χ2n) is 14.0. The highest BCUT2D eigenvalue weighted by Crippen LogP contribution is 2.43. The molecular formula is C36H39F3N8O6. The minimum atomic E-state index is -4.54. The number of dihydropyridines is 1. The number of nitrogens with zero attached hydrogens (tertiary/aromatic N) is 6. The van der Waals surface area contributed by atoms with Crippen LogP contribution in [0.4, 0.5) is 18.9 Å². The number of amides is 3. The number of nitrogens with one attached hydrogen (secondary N) is 2. The van der Waals surface area contributed by atoms with Crippen LogP contribution < -0.4 is 16.2 Å². The molecule has 1 saturated heterocycles. The highest BCUT2D eigenvalue weighted by Gasteiger charge is 2.50. The molecule has 1 aromatic carbocycles. The summed E-state index contributed by atoms with van der Waals surface area (Å²) in [6.07, 6.45) is 3.52. The number of carbonyl (C=O) groups excluding carboxylic acids is 3. The first-order chi connectivity index (χ1) is 25.1. The Morgan fingerprint density at radius 3 is 2.55 bits per heavy atom. The number of aryl methyl sites for hydroxylation is 1. The summed E-state index contributed by atoms with van der Waals surface area (Å²) < 4.78 is 49.0.